The van der Waals surface area contributed by atoms with Crippen molar-refractivity contribution in [2.45, 2.75) is 148 Å². The van der Waals surface area contributed by atoms with E-state index in [0.29, 0.717) is 23.9 Å². The number of hydrogen-bond acceptors (Lipinski definition) is 7. The number of unbranched alkanes of at least 4 members (excludes halogenated alkanes) is 8. The maximum Gasteiger partial charge on any atom is 0.472 e. The van der Waals surface area contributed by atoms with E-state index in [-0.39, 0.29) is 26.1 Å². The Bertz CT molecular complexity index is 1300. The van der Waals surface area contributed by atoms with E-state index in [9.17, 15) is 19.0 Å². The van der Waals surface area contributed by atoms with Crippen LogP contribution in [-0.4, -0.2) is 74.9 Å². The highest BCUT2D eigenvalue weighted by molar-refractivity contribution is 7.47. The summed E-state index contributed by atoms with van der Waals surface area (Å²) in [4.78, 5) is 35.4. The number of esters is 2. The lowest BCUT2D eigenvalue weighted by molar-refractivity contribution is -0.870. The smallest absolute Gasteiger partial charge is 0.462 e. The molecule has 2 atom stereocenters. The highest BCUT2D eigenvalue weighted by Crippen LogP contribution is 2.43. The zero-order valence-corrected chi connectivity index (χ0v) is 37.9. The van der Waals surface area contributed by atoms with Crippen LogP contribution in [0.5, 0.6) is 0 Å². The third-order valence-corrected chi connectivity index (χ3v) is 9.59. The number of quaternary nitrogens is 1. The van der Waals surface area contributed by atoms with Crippen molar-refractivity contribution in [3.63, 3.8) is 0 Å². The topological polar surface area (TPSA) is 108 Å². The van der Waals surface area contributed by atoms with E-state index < -0.39 is 32.5 Å². The first-order valence-electron chi connectivity index (χ1n) is 22.0. The lowest BCUT2D eigenvalue weighted by Gasteiger charge is -2.24. The summed E-state index contributed by atoms with van der Waals surface area (Å²) in [7, 11) is 1.42. The van der Waals surface area contributed by atoms with Crippen molar-refractivity contribution in [3.8, 4) is 0 Å². The standard InChI is InChI=1S/C48H80NO8P/c1-6-8-10-12-14-16-18-20-22-23-24-25-27-29-31-33-35-37-39-41-48(51)57-46(45-56-58(52,53)55-43-42-49(3,4)5)44-54-47(50)40-38-36-34-32-30-28-26-21-19-17-15-13-11-9-7-2/h8-11,14-17,20-22,24-26,30,32,46H,6-7,12-13,18-19,23,27-29,31,33-45H2,1-5H3/p+1/b10-8-,11-9-,16-14-,17-15-,22-20-,25-24-,26-21-,32-30-. The van der Waals surface area contributed by atoms with E-state index in [1.165, 1.54) is 0 Å². The molecule has 0 fully saturated rings. The van der Waals surface area contributed by atoms with Crippen molar-refractivity contribution in [2.24, 2.45) is 0 Å². The van der Waals surface area contributed by atoms with Crippen LogP contribution in [0.2, 0.25) is 0 Å². The van der Waals surface area contributed by atoms with Crippen LogP contribution in [0.15, 0.2) is 97.2 Å². The van der Waals surface area contributed by atoms with Gasteiger partial charge in [-0.1, -0.05) is 137 Å². The van der Waals surface area contributed by atoms with E-state index in [0.717, 1.165) is 103 Å². The molecule has 1 N–H and O–H groups in total. The first-order valence-corrected chi connectivity index (χ1v) is 23.5. The zero-order valence-electron chi connectivity index (χ0n) is 37.0. The summed E-state index contributed by atoms with van der Waals surface area (Å²) in [5.41, 5.74) is 0. The molecule has 9 nitrogen and oxygen atoms in total. The molecule has 0 aliphatic carbocycles. The van der Waals surface area contributed by atoms with Crippen molar-refractivity contribution in [3.05, 3.63) is 97.2 Å². The lowest BCUT2D eigenvalue weighted by Crippen LogP contribution is -2.37. The van der Waals surface area contributed by atoms with Gasteiger partial charge in [-0.25, -0.2) is 4.57 Å². The Kier molecular flexibility index (Phi) is 37.3. The summed E-state index contributed by atoms with van der Waals surface area (Å²) < 4.78 is 34.2. The molecule has 0 rings (SSSR count). The molecule has 0 saturated carbocycles. The average molecular weight is 831 g/mol. The minimum Gasteiger partial charge on any atom is -0.462 e. The molecule has 0 aromatic heterocycles. The largest absolute Gasteiger partial charge is 0.472 e. The van der Waals surface area contributed by atoms with Crippen molar-refractivity contribution >= 4 is 19.8 Å². The third kappa shape index (κ3) is 42.5. The molecule has 0 aliphatic heterocycles. The summed E-state index contributed by atoms with van der Waals surface area (Å²) in [5.74, 6) is -0.875. The molecule has 330 valence electrons. The van der Waals surface area contributed by atoms with Gasteiger partial charge in [0, 0.05) is 12.8 Å². The molecular formula is C48H81NO8P+. The maximum absolute atomic E-state index is 12.7. The fourth-order valence-electron chi connectivity index (χ4n) is 5.23. The SMILES string of the molecule is CC/C=C\C/C=C\C/C=C\C/C=C\CCCCCCCCC(=O)OC(COC(=O)CCCC/C=C\C/C=C\C/C=C\C/C=C\CC)COP(=O)(O)OCC[N+](C)(C)C. The molecule has 58 heavy (non-hydrogen) atoms. The van der Waals surface area contributed by atoms with Gasteiger partial charge in [-0.3, -0.25) is 18.6 Å². The number of hydrogen-bond donors (Lipinski definition) is 1. The summed E-state index contributed by atoms with van der Waals surface area (Å²) in [5, 5.41) is 0. The predicted octanol–water partition coefficient (Wildman–Crippen LogP) is 12.6. The second-order valence-electron chi connectivity index (χ2n) is 15.3. The molecule has 0 aromatic carbocycles. The number of allylic oxidation sites excluding steroid dienone is 16. The van der Waals surface area contributed by atoms with Gasteiger partial charge in [-0.05, 0) is 89.9 Å². The first kappa shape index (κ1) is 54.9. The fourth-order valence-corrected chi connectivity index (χ4v) is 5.97. The van der Waals surface area contributed by atoms with Crippen LogP contribution in [0.4, 0.5) is 0 Å². The summed E-state index contributed by atoms with van der Waals surface area (Å²) in [6, 6.07) is 0. The Morgan fingerprint density at radius 2 is 0.931 bits per heavy atom. The Balaban J connectivity index is 4.47. The third-order valence-electron chi connectivity index (χ3n) is 8.61. The number of rotatable bonds is 38. The van der Waals surface area contributed by atoms with Gasteiger partial charge in [0.15, 0.2) is 6.10 Å². The average Bonchev–Trinajstić information content (AvgIpc) is 3.17. The molecule has 10 heteroatoms. The summed E-state index contributed by atoms with van der Waals surface area (Å²) >= 11 is 0. The van der Waals surface area contributed by atoms with Gasteiger partial charge < -0.3 is 18.9 Å². The highest BCUT2D eigenvalue weighted by Gasteiger charge is 2.27. The molecule has 0 spiro atoms. The summed E-state index contributed by atoms with van der Waals surface area (Å²) in [6.45, 7) is 4.10. The predicted molar refractivity (Wildman–Crippen MR) is 242 cm³/mol. The quantitative estimate of drug-likeness (QED) is 0.0215. The molecular weight excluding hydrogens is 750 g/mol. The number of carbonyl (C=O) groups is 2. The molecule has 0 aliphatic rings. The first-order chi connectivity index (χ1) is 28.0. The van der Waals surface area contributed by atoms with Crippen LogP contribution in [-0.2, 0) is 32.7 Å². The van der Waals surface area contributed by atoms with Gasteiger partial charge in [-0.2, -0.15) is 0 Å². The normalized spacial score (nSPS) is 14.5. The van der Waals surface area contributed by atoms with Gasteiger partial charge in [0.2, 0.25) is 0 Å². The molecule has 0 saturated heterocycles. The number of phosphoric ester groups is 1. The minimum atomic E-state index is -4.40. The highest BCUT2D eigenvalue weighted by atomic mass is 31.2. The van der Waals surface area contributed by atoms with E-state index in [1.54, 1.807) is 0 Å². The van der Waals surface area contributed by atoms with Crippen LogP contribution >= 0.6 is 7.82 Å². The van der Waals surface area contributed by atoms with E-state index >= 15 is 0 Å². The van der Waals surface area contributed by atoms with E-state index in [4.69, 9.17) is 18.5 Å². The van der Waals surface area contributed by atoms with Crippen LogP contribution < -0.4 is 0 Å². The Morgan fingerprint density at radius 3 is 1.41 bits per heavy atom. The Morgan fingerprint density at radius 1 is 0.534 bits per heavy atom. The minimum absolute atomic E-state index is 0.0159. The number of likely N-dealkylation sites (N-methyl/N-ethyl adjacent to an activating group) is 1. The van der Waals surface area contributed by atoms with Gasteiger partial charge in [0.25, 0.3) is 0 Å². The van der Waals surface area contributed by atoms with E-state index in [1.807, 2.05) is 21.1 Å². The number of phosphoric acid groups is 1. The van der Waals surface area contributed by atoms with Crippen LogP contribution in [0, 0.1) is 0 Å². The second-order valence-corrected chi connectivity index (χ2v) is 16.8. The lowest BCUT2D eigenvalue weighted by atomic mass is 10.1. The molecule has 2 unspecified atom stereocenters. The zero-order chi connectivity index (χ0) is 42.8. The molecule has 0 radical (unpaired) electrons. The Hall–Kier alpha value is -3.07. The molecule has 0 aromatic rings. The summed E-state index contributed by atoms with van der Waals surface area (Å²) in [6.07, 6.45) is 51.7. The van der Waals surface area contributed by atoms with Crippen molar-refractivity contribution in [2.75, 3.05) is 47.5 Å². The van der Waals surface area contributed by atoms with Gasteiger partial charge in [-0.15, -0.1) is 0 Å². The number of nitrogens with zero attached hydrogens (tertiary/aromatic N) is 1. The van der Waals surface area contributed by atoms with Crippen molar-refractivity contribution < 1.29 is 42.1 Å². The monoisotopic (exact) mass is 831 g/mol. The molecule has 0 amide bonds. The van der Waals surface area contributed by atoms with Crippen LogP contribution in [0.25, 0.3) is 0 Å². The van der Waals surface area contributed by atoms with Crippen molar-refractivity contribution in [1.29, 1.82) is 0 Å². The maximum atomic E-state index is 12.7. The molecule has 0 heterocycles. The second kappa shape index (κ2) is 39.4. The van der Waals surface area contributed by atoms with Gasteiger partial charge >= 0.3 is 19.8 Å². The Labute approximate surface area is 353 Å². The van der Waals surface area contributed by atoms with Crippen LogP contribution in [0.1, 0.15) is 142 Å². The van der Waals surface area contributed by atoms with Gasteiger partial charge in [0.1, 0.15) is 19.8 Å². The van der Waals surface area contributed by atoms with Crippen molar-refractivity contribution in [1.82, 2.24) is 0 Å². The van der Waals surface area contributed by atoms with Gasteiger partial charge in [0.05, 0.1) is 27.7 Å². The van der Waals surface area contributed by atoms with Crippen LogP contribution in [0.3, 0.4) is 0 Å². The number of carbonyl (C=O) groups excluding carboxylic acids is 2. The molecule has 0 bridgehead atoms. The number of ether oxygens (including phenoxy) is 2. The van der Waals surface area contributed by atoms with E-state index in [2.05, 4.69) is 111 Å². The fraction of sp³-hybridized carbons (Fsp3) is 0.625.